The van der Waals surface area contributed by atoms with Crippen LogP contribution in [0.2, 0.25) is 0 Å². The number of amides is 3. The second-order valence-corrected chi connectivity index (χ2v) is 10.1. The lowest BCUT2D eigenvalue weighted by molar-refractivity contribution is -0.132. The number of carbonyl (C=O) groups excluding carboxylic acids is 3. The average Bonchev–Trinajstić information content (AvgIpc) is 2.67. The second-order valence-electron chi connectivity index (χ2n) is 10.1. The van der Waals surface area contributed by atoms with Crippen molar-refractivity contribution < 1.29 is 19.1 Å². The highest BCUT2D eigenvalue weighted by Gasteiger charge is 2.30. The molecule has 0 saturated carbocycles. The van der Waals surface area contributed by atoms with E-state index in [1.807, 2.05) is 66.7 Å². The van der Waals surface area contributed by atoms with Crippen LogP contribution >= 0.6 is 0 Å². The molecule has 7 nitrogen and oxygen atoms in total. The third kappa shape index (κ3) is 7.84. The monoisotopic (exact) mass is 445 g/mol. The number of nitrogens with one attached hydrogen (secondary N) is 1. The fourth-order valence-corrected chi connectivity index (χ4v) is 4.01. The van der Waals surface area contributed by atoms with Gasteiger partial charge in [-0.25, -0.2) is 4.79 Å². The topological polar surface area (TPSA) is 79.0 Å². The van der Waals surface area contributed by atoms with E-state index < -0.39 is 5.60 Å². The molecule has 1 aromatic rings. The summed E-state index contributed by atoms with van der Waals surface area (Å²) in [4.78, 5) is 41.4. The van der Waals surface area contributed by atoms with E-state index in [4.69, 9.17) is 4.74 Å². The molecule has 32 heavy (non-hydrogen) atoms. The van der Waals surface area contributed by atoms with E-state index in [0.29, 0.717) is 25.2 Å². The number of carbonyl (C=O) groups is 3. The third-order valence-corrected chi connectivity index (χ3v) is 5.46. The summed E-state index contributed by atoms with van der Waals surface area (Å²) in [5.74, 6) is -0.159. The van der Waals surface area contributed by atoms with Gasteiger partial charge in [0.2, 0.25) is 5.91 Å². The lowest BCUT2D eigenvalue weighted by atomic mass is 9.97. The van der Waals surface area contributed by atoms with Crippen molar-refractivity contribution in [2.75, 3.05) is 26.2 Å². The van der Waals surface area contributed by atoms with E-state index in [-0.39, 0.29) is 36.4 Å². The molecule has 178 valence electrons. The van der Waals surface area contributed by atoms with Crippen molar-refractivity contribution in [1.82, 2.24) is 15.1 Å². The number of rotatable bonds is 6. The molecule has 1 aromatic carbocycles. The number of nitrogens with zero attached hydrogens (tertiary/aromatic N) is 2. The number of likely N-dealkylation sites (tertiary alicyclic amines) is 1. The fraction of sp³-hybridized carbons (Fsp3) is 0.640. The van der Waals surface area contributed by atoms with Gasteiger partial charge in [0.1, 0.15) is 5.60 Å². The Balaban J connectivity index is 1.92. The van der Waals surface area contributed by atoms with Gasteiger partial charge in [0, 0.05) is 31.2 Å². The van der Waals surface area contributed by atoms with Gasteiger partial charge in [-0.1, -0.05) is 17.2 Å². The molecule has 0 aliphatic carbocycles. The van der Waals surface area contributed by atoms with Crippen molar-refractivity contribution in [2.24, 2.45) is 5.92 Å². The minimum absolute atomic E-state index is 0.00741. The molecule has 1 aliphatic heterocycles. The Morgan fingerprint density at radius 2 is 1.78 bits per heavy atom. The summed E-state index contributed by atoms with van der Waals surface area (Å²) >= 11 is 0. The number of piperidine rings is 1. The first kappa shape index (κ1) is 25.7. The third-order valence-electron chi connectivity index (χ3n) is 5.46. The average molecular weight is 446 g/mol. The van der Waals surface area contributed by atoms with Gasteiger partial charge < -0.3 is 19.9 Å². The summed E-state index contributed by atoms with van der Waals surface area (Å²) in [7, 11) is 0. The van der Waals surface area contributed by atoms with Crippen molar-refractivity contribution in [2.45, 2.75) is 73.0 Å². The molecule has 0 spiro atoms. The van der Waals surface area contributed by atoms with E-state index in [2.05, 4.69) is 5.32 Å². The van der Waals surface area contributed by atoms with Gasteiger partial charge in [0.25, 0.3) is 5.91 Å². The maximum Gasteiger partial charge on any atom is 0.410 e. The first-order chi connectivity index (χ1) is 14.9. The Bertz CT molecular complexity index is 809. The Labute approximate surface area is 192 Å². The molecule has 1 atom stereocenters. The van der Waals surface area contributed by atoms with Gasteiger partial charge in [-0.2, -0.15) is 0 Å². The van der Waals surface area contributed by atoms with Crippen LogP contribution in [0.3, 0.4) is 0 Å². The molecular formula is C25H39N3O4. The highest BCUT2D eigenvalue weighted by molar-refractivity contribution is 5.96. The fourth-order valence-electron chi connectivity index (χ4n) is 4.01. The van der Waals surface area contributed by atoms with Crippen molar-refractivity contribution in [3.63, 3.8) is 0 Å². The van der Waals surface area contributed by atoms with Crippen LogP contribution in [-0.4, -0.2) is 65.5 Å². The van der Waals surface area contributed by atoms with E-state index in [0.717, 1.165) is 24.0 Å². The number of hydrogen-bond donors (Lipinski definition) is 1. The summed E-state index contributed by atoms with van der Waals surface area (Å²) in [5.41, 5.74) is 2.05. The van der Waals surface area contributed by atoms with Crippen LogP contribution in [0.25, 0.3) is 0 Å². The maximum atomic E-state index is 12.8. The Hall–Kier alpha value is -2.57. The Kier molecular flexibility index (Phi) is 8.70. The summed E-state index contributed by atoms with van der Waals surface area (Å²) in [6.07, 6.45) is 1.50. The zero-order valence-electron chi connectivity index (χ0n) is 20.7. The van der Waals surface area contributed by atoms with Gasteiger partial charge >= 0.3 is 6.09 Å². The molecule has 1 saturated heterocycles. The predicted octanol–water partition coefficient (Wildman–Crippen LogP) is 3.92. The molecule has 1 N–H and O–H groups in total. The highest BCUT2D eigenvalue weighted by Crippen LogP contribution is 2.21. The van der Waals surface area contributed by atoms with Gasteiger partial charge in [-0.05, 0) is 79.4 Å². The molecule has 0 radical (unpaired) electrons. The van der Waals surface area contributed by atoms with Crippen LogP contribution in [0, 0.1) is 19.8 Å². The summed E-state index contributed by atoms with van der Waals surface area (Å²) in [6, 6.07) is 5.66. The number of hydrogen-bond acceptors (Lipinski definition) is 4. The zero-order chi connectivity index (χ0) is 24.1. The largest absolute Gasteiger partial charge is 0.444 e. The van der Waals surface area contributed by atoms with Crippen molar-refractivity contribution >= 4 is 17.9 Å². The standard InChI is InChI=1S/C25H39N3O4/c1-17(2)28(24(31)32-25(5,6)7)16-20-9-8-10-27(15-20)22(29)14-26-23(30)21-12-18(3)11-19(4)13-21/h11-13,17,20H,8-10,14-16H2,1-7H3,(H,26,30). The maximum absolute atomic E-state index is 12.8. The summed E-state index contributed by atoms with van der Waals surface area (Å²) in [5, 5.41) is 2.75. The van der Waals surface area contributed by atoms with Gasteiger partial charge in [-0.15, -0.1) is 0 Å². The van der Waals surface area contributed by atoms with E-state index >= 15 is 0 Å². The van der Waals surface area contributed by atoms with Crippen LogP contribution in [0.5, 0.6) is 0 Å². The minimum Gasteiger partial charge on any atom is -0.444 e. The van der Waals surface area contributed by atoms with Crippen molar-refractivity contribution in [1.29, 1.82) is 0 Å². The lowest BCUT2D eigenvalue weighted by Gasteiger charge is -2.37. The molecular weight excluding hydrogens is 406 g/mol. The Morgan fingerprint density at radius 1 is 1.16 bits per heavy atom. The van der Waals surface area contributed by atoms with Gasteiger partial charge in [0.05, 0.1) is 6.54 Å². The molecule has 1 fully saturated rings. The number of benzene rings is 1. The highest BCUT2D eigenvalue weighted by atomic mass is 16.6. The molecule has 1 aliphatic rings. The van der Waals surface area contributed by atoms with Crippen LogP contribution in [0.4, 0.5) is 4.79 Å². The second kappa shape index (κ2) is 10.8. The summed E-state index contributed by atoms with van der Waals surface area (Å²) in [6.45, 7) is 15.2. The summed E-state index contributed by atoms with van der Waals surface area (Å²) < 4.78 is 5.56. The van der Waals surface area contributed by atoms with Crippen LogP contribution < -0.4 is 5.32 Å². The first-order valence-electron chi connectivity index (χ1n) is 11.5. The quantitative estimate of drug-likeness (QED) is 0.720. The predicted molar refractivity (Wildman–Crippen MR) is 126 cm³/mol. The molecule has 1 unspecified atom stereocenters. The SMILES string of the molecule is Cc1cc(C)cc(C(=O)NCC(=O)N2CCCC(CN(C(=O)OC(C)(C)C)C(C)C)C2)c1. The van der Waals surface area contributed by atoms with Gasteiger partial charge in [-0.3, -0.25) is 9.59 Å². The van der Waals surface area contributed by atoms with E-state index in [1.165, 1.54) is 0 Å². The van der Waals surface area contributed by atoms with E-state index in [9.17, 15) is 14.4 Å². The first-order valence-corrected chi connectivity index (χ1v) is 11.5. The van der Waals surface area contributed by atoms with E-state index in [1.54, 1.807) is 9.80 Å². The normalized spacial score (nSPS) is 16.6. The van der Waals surface area contributed by atoms with Crippen LogP contribution in [-0.2, 0) is 9.53 Å². The smallest absolute Gasteiger partial charge is 0.410 e. The van der Waals surface area contributed by atoms with Gasteiger partial charge in [0.15, 0.2) is 0 Å². The minimum atomic E-state index is -0.549. The molecule has 7 heteroatoms. The molecule has 0 aromatic heterocycles. The zero-order valence-corrected chi connectivity index (χ0v) is 20.7. The van der Waals surface area contributed by atoms with Crippen molar-refractivity contribution in [3.05, 3.63) is 34.9 Å². The lowest BCUT2D eigenvalue weighted by Crippen LogP contribution is -2.49. The van der Waals surface area contributed by atoms with Crippen LogP contribution in [0.1, 0.15) is 68.9 Å². The Morgan fingerprint density at radius 3 is 2.34 bits per heavy atom. The molecule has 0 bridgehead atoms. The molecule has 1 heterocycles. The molecule has 2 rings (SSSR count). The molecule has 3 amide bonds. The van der Waals surface area contributed by atoms with Crippen molar-refractivity contribution in [3.8, 4) is 0 Å². The number of ether oxygens (including phenoxy) is 1. The number of aryl methyl sites for hydroxylation is 2. The van der Waals surface area contributed by atoms with Crippen LogP contribution in [0.15, 0.2) is 18.2 Å².